The first-order chi connectivity index (χ1) is 13.4. The van der Waals surface area contributed by atoms with Crippen molar-refractivity contribution >= 4 is 29.4 Å². The predicted octanol–water partition coefficient (Wildman–Crippen LogP) is 2.35. The molecule has 0 unspecified atom stereocenters. The number of methoxy groups -OCH3 is 2. The third-order valence-corrected chi connectivity index (χ3v) is 4.20. The van der Waals surface area contributed by atoms with Crippen LogP contribution < -0.4 is 14.4 Å². The maximum Gasteiger partial charge on any atom is 0.343 e. The van der Waals surface area contributed by atoms with Gasteiger partial charge in [0, 0.05) is 12.8 Å². The lowest BCUT2D eigenvalue weighted by Crippen LogP contribution is -2.28. The van der Waals surface area contributed by atoms with E-state index in [1.54, 1.807) is 0 Å². The second-order valence-corrected chi connectivity index (χ2v) is 5.92. The number of rotatable bonds is 5. The van der Waals surface area contributed by atoms with Crippen LogP contribution in [0.1, 0.15) is 33.6 Å². The van der Waals surface area contributed by atoms with Crippen molar-refractivity contribution in [2.75, 3.05) is 19.1 Å². The lowest BCUT2D eigenvalue weighted by Gasteiger charge is -2.14. The molecule has 0 atom stereocenters. The predicted molar refractivity (Wildman–Crippen MR) is 97.5 cm³/mol. The number of ether oxygens (including phenoxy) is 3. The average Bonchev–Trinajstić information content (AvgIpc) is 3.05. The Balaban J connectivity index is 1.77. The summed E-state index contributed by atoms with van der Waals surface area (Å²) < 4.78 is 15.1. The van der Waals surface area contributed by atoms with Gasteiger partial charge in [-0.3, -0.25) is 14.5 Å². The molecule has 2 aromatic rings. The van der Waals surface area contributed by atoms with Crippen LogP contribution in [0.25, 0.3) is 0 Å². The van der Waals surface area contributed by atoms with E-state index in [1.165, 1.54) is 56.7 Å². The van der Waals surface area contributed by atoms with Crippen LogP contribution in [0.2, 0.25) is 0 Å². The average molecular weight is 383 g/mol. The molecule has 0 bridgehead atoms. The Labute approximate surface area is 160 Å². The van der Waals surface area contributed by atoms with Crippen molar-refractivity contribution in [1.29, 1.82) is 0 Å². The number of carbonyl (C=O) groups is 4. The van der Waals surface area contributed by atoms with Gasteiger partial charge in [-0.05, 0) is 42.5 Å². The molecule has 28 heavy (non-hydrogen) atoms. The summed E-state index contributed by atoms with van der Waals surface area (Å²) in [6.07, 6.45) is 0.369. The Hall–Kier alpha value is -3.68. The van der Waals surface area contributed by atoms with Crippen LogP contribution in [0.4, 0.5) is 5.69 Å². The zero-order valence-electron chi connectivity index (χ0n) is 15.3. The fourth-order valence-corrected chi connectivity index (χ4v) is 2.77. The molecule has 0 aromatic heterocycles. The largest absolute Gasteiger partial charge is 0.493 e. The number of carbonyl (C=O) groups excluding carboxylic acids is 4. The molecule has 1 fully saturated rings. The monoisotopic (exact) mass is 383 g/mol. The SMILES string of the molecule is COC(=O)c1ccc(OC(=O)c2ccc(N3C(=O)CCC3=O)cc2)c(OC)c1. The summed E-state index contributed by atoms with van der Waals surface area (Å²) in [5, 5.41) is 0. The number of esters is 2. The fraction of sp³-hybridized carbons (Fsp3) is 0.200. The van der Waals surface area contributed by atoms with Gasteiger partial charge in [-0.1, -0.05) is 0 Å². The van der Waals surface area contributed by atoms with Crippen molar-refractivity contribution in [3.8, 4) is 11.5 Å². The number of anilines is 1. The van der Waals surface area contributed by atoms with E-state index >= 15 is 0 Å². The van der Waals surface area contributed by atoms with Crippen LogP contribution in [0, 0.1) is 0 Å². The van der Waals surface area contributed by atoms with Gasteiger partial charge >= 0.3 is 11.9 Å². The van der Waals surface area contributed by atoms with E-state index in [9.17, 15) is 19.2 Å². The smallest absolute Gasteiger partial charge is 0.343 e. The fourth-order valence-electron chi connectivity index (χ4n) is 2.77. The Morgan fingerprint density at radius 1 is 0.821 bits per heavy atom. The van der Waals surface area contributed by atoms with E-state index in [2.05, 4.69) is 4.74 Å². The Bertz CT molecular complexity index is 934. The van der Waals surface area contributed by atoms with Gasteiger partial charge in [0.05, 0.1) is 31.0 Å². The summed E-state index contributed by atoms with van der Waals surface area (Å²) in [7, 11) is 2.64. The molecule has 0 aliphatic carbocycles. The molecule has 2 aromatic carbocycles. The van der Waals surface area contributed by atoms with E-state index in [0.717, 1.165) is 4.90 Å². The van der Waals surface area contributed by atoms with Gasteiger partial charge in [-0.2, -0.15) is 0 Å². The van der Waals surface area contributed by atoms with E-state index in [4.69, 9.17) is 9.47 Å². The zero-order valence-corrected chi connectivity index (χ0v) is 15.3. The second kappa shape index (κ2) is 7.91. The molecule has 3 rings (SSSR count). The van der Waals surface area contributed by atoms with Gasteiger partial charge in [0.1, 0.15) is 0 Å². The summed E-state index contributed by atoms with van der Waals surface area (Å²) in [6.45, 7) is 0. The summed E-state index contributed by atoms with van der Waals surface area (Å²) >= 11 is 0. The number of hydrogen-bond acceptors (Lipinski definition) is 7. The van der Waals surface area contributed by atoms with Crippen LogP contribution in [0.5, 0.6) is 11.5 Å². The molecular formula is C20H17NO7. The van der Waals surface area contributed by atoms with Crippen LogP contribution in [-0.2, 0) is 14.3 Å². The highest BCUT2D eigenvalue weighted by Gasteiger charge is 2.30. The van der Waals surface area contributed by atoms with Crippen LogP contribution in [-0.4, -0.2) is 38.0 Å². The zero-order chi connectivity index (χ0) is 20.3. The third kappa shape index (κ3) is 3.71. The normalized spacial score (nSPS) is 13.4. The molecule has 144 valence electrons. The highest BCUT2D eigenvalue weighted by molar-refractivity contribution is 6.19. The molecule has 1 saturated heterocycles. The molecule has 1 heterocycles. The van der Waals surface area contributed by atoms with E-state index < -0.39 is 11.9 Å². The van der Waals surface area contributed by atoms with E-state index in [0.29, 0.717) is 5.69 Å². The molecule has 0 saturated carbocycles. The van der Waals surface area contributed by atoms with Gasteiger partial charge in [0.25, 0.3) is 0 Å². The van der Waals surface area contributed by atoms with Crippen molar-refractivity contribution in [3.05, 3.63) is 53.6 Å². The van der Waals surface area contributed by atoms with Crippen molar-refractivity contribution in [2.24, 2.45) is 0 Å². The molecule has 0 N–H and O–H groups in total. The minimum atomic E-state index is -0.658. The maximum absolute atomic E-state index is 12.4. The lowest BCUT2D eigenvalue weighted by atomic mass is 10.2. The molecule has 2 amide bonds. The van der Waals surface area contributed by atoms with E-state index in [1.807, 2.05) is 0 Å². The lowest BCUT2D eigenvalue weighted by molar-refractivity contribution is -0.121. The third-order valence-electron chi connectivity index (χ3n) is 4.20. The topological polar surface area (TPSA) is 99.2 Å². The molecule has 1 aliphatic rings. The molecule has 8 nitrogen and oxygen atoms in total. The number of benzene rings is 2. The van der Waals surface area contributed by atoms with Gasteiger partial charge in [-0.25, -0.2) is 9.59 Å². The number of nitrogens with zero attached hydrogens (tertiary/aromatic N) is 1. The molecule has 0 radical (unpaired) electrons. The number of hydrogen-bond donors (Lipinski definition) is 0. The van der Waals surface area contributed by atoms with Crippen molar-refractivity contribution in [2.45, 2.75) is 12.8 Å². The summed E-state index contributed by atoms with van der Waals surface area (Å²) in [6, 6.07) is 10.2. The van der Waals surface area contributed by atoms with Crippen molar-refractivity contribution in [1.82, 2.24) is 0 Å². The van der Waals surface area contributed by atoms with Gasteiger partial charge in [0.2, 0.25) is 11.8 Å². The first-order valence-corrected chi connectivity index (χ1v) is 8.39. The van der Waals surface area contributed by atoms with Gasteiger partial charge in [-0.15, -0.1) is 0 Å². The maximum atomic E-state index is 12.4. The molecule has 8 heteroatoms. The molecule has 1 aliphatic heterocycles. The van der Waals surface area contributed by atoms with Crippen LogP contribution in [0.15, 0.2) is 42.5 Å². The van der Waals surface area contributed by atoms with Crippen LogP contribution >= 0.6 is 0 Å². The minimum absolute atomic E-state index is 0.133. The second-order valence-electron chi connectivity index (χ2n) is 5.92. The highest BCUT2D eigenvalue weighted by atomic mass is 16.6. The van der Waals surface area contributed by atoms with E-state index in [-0.39, 0.29) is 47.3 Å². The summed E-state index contributed by atoms with van der Waals surface area (Å²) in [4.78, 5) is 48.6. The highest BCUT2D eigenvalue weighted by Crippen LogP contribution is 2.29. The van der Waals surface area contributed by atoms with Crippen LogP contribution in [0.3, 0.4) is 0 Å². The van der Waals surface area contributed by atoms with Crippen molar-refractivity contribution in [3.63, 3.8) is 0 Å². The number of amides is 2. The number of imide groups is 1. The molecular weight excluding hydrogens is 366 g/mol. The van der Waals surface area contributed by atoms with Gasteiger partial charge < -0.3 is 14.2 Å². The Morgan fingerprint density at radius 2 is 1.43 bits per heavy atom. The summed E-state index contributed by atoms with van der Waals surface area (Å²) in [5.74, 6) is -1.41. The Kier molecular flexibility index (Phi) is 5.39. The first-order valence-electron chi connectivity index (χ1n) is 8.39. The minimum Gasteiger partial charge on any atom is -0.493 e. The quantitative estimate of drug-likeness (QED) is 0.444. The Morgan fingerprint density at radius 3 is 2.00 bits per heavy atom. The van der Waals surface area contributed by atoms with Crippen molar-refractivity contribution < 1.29 is 33.4 Å². The standard InChI is InChI=1S/C20H17NO7/c1-26-16-11-13(19(24)27-2)5-8-15(16)28-20(25)12-3-6-14(7-4-12)21-17(22)9-10-18(21)23/h3-8,11H,9-10H2,1-2H3. The molecule has 0 spiro atoms. The van der Waals surface area contributed by atoms with Gasteiger partial charge in [0.15, 0.2) is 11.5 Å². The first kappa shape index (κ1) is 19.1. The summed E-state index contributed by atoms with van der Waals surface area (Å²) in [5.41, 5.74) is 0.884.